The van der Waals surface area contributed by atoms with Crippen LogP contribution in [-0.2, 0) is 12.8 Å². The Balaban J connectivity index is 1.98. The van der Waals surface area contributed by atoms with Crippen molar-refractivity contribution in [3.8, 4) is 11.5 Å². The van der Waals surface area contributed by atoms with Crippen molar-refractivity contribution in [2.75, 3.05) is 12.4 Å². The molecule has 0 atom stereocenters. The zero-order chi connectivity index (χ0) is 13.5. The number of aryl methyl sites for hydroxylation is 2. The van der Waals surface area contributed by atoms with E-state index in [1.807, 2.05) is 7.05 Å². The molecule has 5 nitrogen and oxygen atoms in total. The fourth-order valence-corrected chi connectivity index (χ4v) is 3.97. The predicted molar refractivity (Wildman–Crippen MR) is 80.0 cm³/mol. The van der Waals surface area contributed by atoms with Gasteiger partial charge >= 0.3 is 0 Å². The zero-order valence-electron chi connectivity index (χ0n) is 11.1. The van der Waals surface area contributed by atoms with E-state index in [4.69, 9.17) is 0 Å². The number of fused-ring (bicyclic) bond motifs is 3. The molecular weight excluding hydrogens is 270 g/mol. The molecule has 0 aromatic carbocycles. The molecule has 3 heterocycles. The topological polar surface area (TPSA) is 63.6 Å². The molecule has 0 amide bonds. The van der Waals surface area contributed by atoms with Gasteiger partial charge in [-0.05, 0) is 24.8 Å². The fraction of sp³-hybridized carbons (Fsp3) is 0.286. The largest absolute Gasteiger partial charge is 0.372 e. The molecule has 1 aliphatic rings. The van der Waals surface area contributed by atoms with Crippen LogP contribution in [0.3, 0.4) is 0 Å². The lowest BCUT2D eigenvalue weighted by Crippen LogP contribution is -1.99. The van der Waals surface area contributed by atoms with Gasteiger partial charge in [0, 0.05) is 24.3 Å². The van der Waals surface area contributed by atoms with Crippen LogP contribution in [0.15, 0.2) is 18.6 Å². The molecule has 1 N–H and O–H groups in total. The summed E-state index contributed by atoms with van der Waals surface area (Å²) in [5.74, 6) is 1.53. The average molecular weight is 283 g/mol. The van der Waals surface area contributed by atoms with E-state index in [9.17, 15) is 0 Å². The number of aromatic nitrogens is 4. The first-order valence-electron chi connectivity index (χ1n) is 6.63. The van der Waals surface area contributed by atoms with E-state index in [0.29, 0.717) is 11.5 Å². The zero-order valence-corrected chi connectivity index (χ0v) is 11.9. The normalized spacial score (nSPS) is 13.7. The van der Waals surface area contributed by atoms with E-state index < -0.39 is 0 Å². The van der Waals surface area contributed by atoms with Gasteiger partial charge in [0.05, 0.1) is 11.6 Å². The highest BCUT2D eigenvalue weighted by Gasteiger charge is 2.22. The monoisotopic (exact) mass is 283 g/mol. The summed E-state index contributed by atoms with van der Waals surface area (Å²) in [5, 5.41) is 4.40. The Morgan fingerprint density at radius 2 is 2.15 bits per heavy atom. The number of anilines is 1. The number of nitrogens with one attached hydrogen (secondary N) is 1. The van der Waals surface area contributed by atoms with Gasteiger partial charge in [-0.1, -0.05) is 0 Å². The van der Waals surface area contributed by atoms with E-state index in [0.717, 1.165) is 17.1 Å². The number of hydrogen-bond donors (Lipinski definition) is 1. The van der Waals surface area contributed by atoms with Crippen LogP contribution < -0.4 is 5.32 Å². The van der Waals surface area contributed by atoms with E-state index in [2.05, 4.69) is 25.3 Å². The summed E-state index contributed by atoms with van der Waals surface area (Å²) in [4.78, 5) is 20.2. The van der Waals surface area contributed by atoms with Crippen molar-refractivity contribution in [1.82, 2.24) is 19.9 Å². The van der Waals surface area contributed by atoms with E-state index in [1.165, 1.54) is 28.7 Å². The number of rotatable bonds is 2. The summed E-state index contributed by atoms with van der Waals surface area (Å²) in [6.07, 6.45) is 8.56. The summed E-state index contributed by atoms with van der Waals surface area (Å²) < 4.78 is 0. The van der Waals surface area contributed by atoms with Crippen LogP contribution in [0, 0.1) is 0 Å². The molecule has 0 saturated heterocycles. The SMILES string of the molecule is CNc1nc(-c2cnccn2)nc2sc3c(c12)CCC3. The van der Waals surface area contributed by atoms with Crippen LogP contribution in [0.1, 0.15) is 16.9 Å². The van der Waals surface area contributed by atoms with E-state index in [1.54, 1.807) is 29.9 Å². The lowest BCUT2D eigenvalue weighted by atomic mass is 10.2. The minimum atomic E-state index is 0.634. The molecule has 0 aliphatic heterocycles. The number of thiophene rings is 1. The molecule has 3 aromatic rings. The van der Waals surface area contributed by atoms with Gasteiger partial charge in [0.25, 0.3) is 0 Å². The van der Waals surface area contributed by atoms with Crippen molar-refractivity contribution < 1.29 is 0 Å². The molecule has 100 valence electrons. The maximum absolute atomic E-state index is 4.68. The first-order valence-corrected chi connectivity index (χ1v) is 7.45. The standard InChI is InChI=1S/C14H13N5S/c1-15-13-11-8-3-2-4-10(8)20-14(11)19-12(18-13)9-7-16-5-6-17-9/h5-7H,2-4H2,1H3,(H,15,18,19). The Hall–Kier alpha value is -2.08. The quantitative estimate of drug-likeness (QED) is 0.783. The van der Waals surface area contributed by atoms with Gasteiger partial charge in [-0.2, -0.15) is 0 Å². The van der Waals surface area contributed by atoms with Gasteiger partial charge in [-0.3, -0.25) is 4.98 Å². The Morgan fingerprint density at radius 3 is 2.95 bits per heavy atom. The molecule has 0 fully saturated rings. The highest BCUT2D eigenvalue weighted by atomic mass is 32.1. The minimum Gasteiger partial charge on any atom is -0.372 e. The summed E-state index contributed by atoms with van der Waals surface area (Å²) in [7, 11) is 1.90. The molecule has 6 heteroatoms. The molecular formula is C14H13N5S. The molecule has 4 rings (SSSR count). The molecule has 1 aliphatic carbocycles. The van der Waals surface area contributed by atoms with Gasteiger partial charge in [0.2, 0.25) is 0 Å². The maximum Gasteiger partial charge on any atom is 0.183 e. The molecule has 0 bridgehead atoms. The molecule has 0 spiro atoms. The van der Waals surface area contributed by atoms with Gasteiger partial charge < -0.3 is 5.32 Å². The lowest BCUT2D eigenvalue weighted by molar-refractivity contribution is 0.917. The van der Waals surface area contributed by atoms with Crippen LogP contribution in [0.25, 0.3) is 21.7 Å². The second-order valence-electron chi connectivity index (χ2n) is 4.77. The maximum atomic E-state index is 4.68. The van der Waals surface area contributed by atoms with Crippen molar-refractivity contribution in [2.45, 2.75) is 19.3 Å². The highest BCUT2D eigenvalue weighted by molar-refractivity contribution is 7.19. The van der Waals surface area contributed by atoms with Gasteiger partial charge in [0.1, 0.15) is 16.3 Å². The Morgan fingerprint density at radius 1 is 1.20 bits per heavy atom. The Bertz CT molecular complexity index is 781. The highest BCUT2D eigenvalue weighted by Crippen LogP contribution is 2.40. The van der Waals surface area contributed by atoms with Crippen LogP contribution in [0.4, 0.5) is 5.82 Å². The second-order valence-corrected chi connectivity index (χ2v) is 5.86. The van der Waals surface area contributed by atoms with E-state index >= 15 is 0 Å². The molecule has 0 unspecified atom stereocenters. The third-order valence-corrected chi connectivity index (χ3v) is 4.78. The molecule has 0 radical (unpaired) electrons. The summed E-state index contributed by atoms with van der Waals surface area (Å²) in [6.45, 7) is 0. The van der Waals surface area contributed by atoms with Crippen molar-refractivity contribution in [2.24, 2.45) is 0 Å². The smallest absolute Gasteiger partial charge is 0.183 e. The van der Waals surface area contributed by atoms with Gasteiger partial charge in [0.15, 0.2) is 5.82 Å². The number of nitrogens with zero attached hydrogens (tertiary/aromatic N) is 4. The molecule has 3 aromatic heterocycles. The average Bonchev–Trinajstić information content (AvgIpc) is 3.07. The van der Waals surface area contributed by atoms with Crippen LogP contribution >= 0.6 is 11.3 Å². The minimum absolute atomic E-state index is 0.634. The van der Waals surface area contributed by atoms with Gasteiger partial charge in [-0.15, -0.1) is 11.3 Å². The van der Waals surface area contributed by atoms with Gasteiger partial charge in [-0.25, -0.2) is 15.0 Å². The first kappa shape index (κ1) is 11.7. The number of hydrogen-bond acceptors (Lipinski definition) is 6. The molecule has 20 heavy (non-hydrogen) atoms. The second kappa shape index (κ2) is 4.49. The van der Waals surface area contributed by atoms with Crippen LogP contribution in [-0.4, -0.2) is 27.0 Å². The summed E-state index contributed by atoms with van der Waals surface area (Å²) in [5.41, 5.74) is 2.14. The van der Waals surface area contributed by atoms with Crippen LogP contribution in [0.5, 0.6) is 0 Å². The van der Waals surface area contributed by atoms with Crippen molar-refractivity contribution >= 4 is 27.4 Å². The van der Waals surface area contributed by atoms with Crippen LogP contribution in [0.2, 0.25) is 0 Å². The third-order valence-electron chi connectivity index (χ3n) is 3.59. The Labute approximate surface area is 120 Å². The van der Waals surface area contributed by atoms with E-state index in [-0.39, 0.29) is 0 Å². The lowest BCUT2D eigenvalue weighted by Gasteiger charge is -2.06. The van der Waals surface area contributed by atoms with Crippen molar-refractivity contribution in [1.29, 1.82) is 0 Å². The first-order chi connectivity index (χ1) is 9.86. The van der Waals surface area contributed by atoms with Crippen molar-refractivity contribution in [3.63, 3.8) is 0 Å². The molecule has 0 saturated carbocycles. The summed E-state index contributed by atoms with van der Waals surface area (Å²) >= 11 is 1.79. The third kappa shape index (κ3) is 1.68. The Kier molecular flexibility index (Phi) is 2.63. The van der Waals surface area contributed by atoms with Crippen molar-refractivity contribution in [3.05, 3.63) is 29.0 Å². The fourth-order valence-electron chi connectivity index (χ4n) is 2.71. The summed E-state index contributed by atoms with van der Waals surface area (Å²) in [6, 6.07) is 0. The predicted octanol–water partition coefficient (Wildman–Crippen LogP) is 2.68.